The quantitative estimate of drug-likeness (QED) is 0.639. The molecule has 1 N–H and O–H groups in total. The molecule has 2 nitrogen and oxygen atoms in total. The Morgan fingerprint density at radius 2 is 1.87 bits per heavy atom. The topological polar surface area (TPSA) is 25.0 Å². The van der Waals surface area contributed by atoms with E-state index in [9.17, 15) is 8.78 Å². The van der Waals surface area contributed by atoms with Crippen molar-refractivity contribution < 1.29 is 13.2 Å². The Labute approximate surface area is 145 Å². The van der Waals surface area contributed by atoms with Gasteiger partial charge in [-0.25, -0.2) is 8.78 Å². The summed E-state index contributed by atoms with van der Waals surface area (Å²) in [6.07, 6.45) is -0.880. The van der Waals surface area contributed by atoms with Crippen LogP contribution in [-0.2, 0) is 16.4 Å². The van der Waals surface area contributed by atoms with Crippen molar-refractivity contribution in [1.29, 1.82) is 0 Å². The van der Waals surface area contributed by atoms with Gasteiger partial charge in [0.25, 0.3) is 6.43 Å². The van der Waals surface area contributed by atoms with Crippen molar-refractivity contribution in [2.75, 3.05) is 0 Å². The number of hydrogen-bond donors (Lipinski definition) is 1. The average molecular weight is 378 g/mol. The van der Waals surface area contributed by atoms with Crippen LogP contribution in [0.2, 0.25) is 29.7 Å². The molecule has 0 amide bonds. The molecule has 0 aliphatic heterocycles. The fourth-order valence-corrected chi connectivity index (χ4v) is 5.14. The predicted octanol–water partition coefficient (Wildman–Crippen LogP) is 6.12. The molecule has 23 heavy (non-hydrogen) atoms. The van der Waals surface area contributed by atoms with E-state index in [0.717, 1.165) is 22.9 Å². The summed E-state index contributed by atoms with van der Waals surface area (Å²) in [5, 5.41) is 1.70. The van der Waals surface area contributed by atoms with Gasteiger partial charge >= 0.3 is 0 Å². The Morgan fingerprint density at radius 3 is 2.48 bits per heavy atom. The van der Waals surface area contributed by atoms with E-state index in [1.54, 1.807) is 12.1 Å². The van der Waals surface area contributed by atoms with E-state index >= 15 is 0 Å². The minimum Gasteiger partial charge on any atom is -0.402 e. The van der Waals surface area contributed by atoms with Gasteiger partial charge < -0.3 is 9.41 Å². The standard InChI is InChI=1S/C16H19Cl2F2NOSi/c1-23(2,3)22-16(15(19)20)6-4-5-9-10-7-11(17)12(18)8-13(10)21-14(9)16/h7-8,15,21H,4-6H2,1-3H3. The third-order valence-corrected chi connectivity index (χ3v) is 5.88. The molecule has 1 unspecified atom stereocenters. The Bertz CT molecular complexity index is 757. The van der Waals surface area contributed by atoms with Crippen molar-refractivity contribution in [2.45, 2.75) is 50.9 Å². The highest BCUT2D eigenvalue weighted by molar-refractivity contribution is 6.69. The molecule has 1 heterocycles. The fourth-order valence-electron chi connectivity index (χ4n) is 3.43. The normalized spacial score (nSPS) is 21.9. The van der Waals surface area contributed by atoms with Gasteiger partial charge in [0.2, 0.25) is 0 Å². The van der Waals surface area contributed by atoms with E-state index < -0.39 is 20.3 Å². The molecule has 2 aromatic rings. The lowest BCUT2D eigenvalue weighted by Gasteiger charge is -2.41. The van der Waals surface area contributed by atoms with Crippen LogP contribution in [0.4, 0.5) is 8.78 Å². The van der Waals surface area contributed by atoms with E-state index in [-0.39, 0.29) is 0 Å². The molecule has 0 saturated heterocycles. The van der Waals surface area contributed by atoms with Crippen molar-refractivity contribution in [3.05, 3.63) is 33.4 Å². The highest BCUT2D eigenvalue weighted by Crippen LogP contribution is 2.47. The lowest BCUT2D eigenvalue weighted by Crippen LogP contribution is -2.47. The van der Waals surface area contributed by atoms with Crippen LogP contribution >= 0.6 is 23.2 Å². The molecule has 1 aromatic carbocycles. The Kier molecular flexibility index (Phi) is 4.28. The third-order valence-electron chi connectivity index (χ3n) is 4.19. The average Bonchev–Trinajstić information content (AvgIpc) is 2.77. The summed E-state index contributed by atoms with van der Waals surface area (Å²) in [5.41, 5.74) is 0.545. The molecule has 0 spiro atoms. The number of aryl methyl sites for hydroxylation is 1. The van der Waals surface area contributed by atoms with Crippen LogP contribution in [0, 0.1) is 0 Å². The molecule has 1 aliphatic carbocycles. The molecule has 0 bridgehead atoms. The zero-order valence-electron chi connectivity index (χ0n) is 13.3. The Hall–Kier alpha value is -0.623. The van der Waals surface area contributed by atoms with Crippen molar-refractivity contribution in [1.82, 2.24) is 4.98 Å². The molecule has 126 valence electrons. The van der Waals surface area contributed by atoms with Crippen LogP contribution in [0.15, 0.2) is 12.1 Å². The maximum atomic E-state index is 14.1. The number of halogens is 4. The van der Waals surface area contributed by atoms with E-state index in [0.29, 0.717) is 28.6 Å². The van der Waals surface area contributed by atoms with Gasteiger partial charge in [-0.3, -0.25) is 0 Å². The fraction of sp³-hybridized carbons (Fsp3) is 0.500. The maximum absolute atomic E-state index is 14.1. The van der Waals surface area contributed by atoms with Gasteiger partial charge in [0.1, 0.15) is 0 Å². The molecule has 0 saturated carbocycles. The monoisotopic (exact) mass is 377 g/mol. The number of H-pyrrole nitrogens is 1. The second-order valence-electron chi connectivity index (χ2n) is 7.05. The molecule has 0 radical (unpaired) electrons. The molecule has 1 atom stereocenters. The van der Waals surface area contributed by atoms with Gasteiger partial charge in [0.15, 0.2) is 13.9 Å². The number of fused-ring (bicyclic) bond motifs is 3. The molecule has 1 aromatic heterocycles. The van der Waals surface area contributed by atoms with Gasteiger partial charge in [-0.15, -0.1) is 0 Å². The molecule has 3 rings (SSSR count). The van der Waals surface area contributed by atoms with Gasteiger partial charge in [0, 0.05) is 10.9 Å². The minimum atomic E-state index is -2.59. The summed E-state index contributed by atoms with van der Waals surface area (Å²) in [6, 6.07) is 3.45. The van der Waals surface area contributed by atoms with Crippen molar-refractivity contribution in [2.24, 2.45) is 0 Å². The predicted molar refractivity (Wildman–Crippen MR) is 93.4 cm³/mol. The third kappa shape index (κ3) is 2.93. The Morgan fingerprint density at radius 1 is 1.22 bits per heavy atom. The van der Waals surface area contributed by atoms with Crippen LogP contribution in [0.5, 0.6) is 0 Å². The van der Waals surface area contributed by atoms with Gasteiger partial charge in [-0.1, -0.05) is 23.2 Å². The van der Waals surface area contributed by atoms with Crippen molar-refractivity contribution >= 4 is 42.4 Å². The van der Waals surface area contributed by atoms with Gasteiger partial charge in [-0.2, -0.15) is 0 Å². The molecule has 7 heteroatoms. The molecule has 0 fully saturated rings. The number of aromatic nitrogens is 1. The summed E-state index contributed by atoms with van der Waals surface area (Å²) in [5.74, 6) is 0. The number of nitrogens with one attached hydrogen (secondary N) is 1. The van der Waals surface area contributed by atoms with Crippen LogP contribution in [0.3, 0.4) is 0 Å². The molecule has 1 aliphatic rings. The first-order valence-corrected chi connectivity index (χ1v) is 11.8. The lowest BCUT2D eigenvalue weighted by molar-refractivity contribution is -0.100. The van der Waals surface area contributed by atoms with Crippen molar-refractivity contribution in [3.63, 3.8) is 0 Å². The van der Waals surface area contributed by atoms with E-state index in [1.165, 1.54) is 0 Å². The first-order chi connectivity index (χ1) is 10.6. The summed E-state index contributed by atoms with van der Waals surface area (Å²) in [7, 11) is -2.17. The van der Waals surface area contributed by atoms with Crippen molar-refractivity contribution in [3.8, 4) is 0 Å². The van der Waals surface area contributed by atoms with Crippen LogP contribution < -0.4 is 0 Å². The summed E-state index contributed by atoms with van der Waals surface area (Å²) in [6.45, 7) is 5.80. The van der Waals surface area contributed by atoms with E-state index in [1.807, 2.05) is 19.6 Å². The first kappa shape index (κ1) is 17.2. The van der Waals surface area contributed by atoms with Crippen LogP contribution in [0.1, 0.15) is 24.1 Å². The summed E-state index contributed by atoms with van der Waals surface area (Å²) in [4.78, 5) is 3.15. The number of alkyl halides is 2. The summed E-state index contributed by atoms with van der Waals surface area (Å²) < 4.78 is 34.2. The van der Waals surface area contributed by atoms with Gasteiger partial charge in [0.05, 0.1) is 15.7 Å². The highest BCUT2D eigenvalue weighted by atomic mass is 35.5. The zero-order chi connectivity index (χ0) is 17.0. The van der Waals surface area contributed by atoms with E-state index in [4.69, 9.17) is 27.6 Å². The molecular formula is C16H19Cl2F2NOSi. The van der Waals surface area contributed by atoms with E-state index in [2.05, 4.69) is 4.98 Å². The number of aromatic amines is 1. The van der Waals surface area contributed by atoms with Gasteiger partial charge in [-0.05, 0) is 56.6 Å². The summed E-state index contributed by atoms with van der Waals surface area (Å²) >= 11 is 12.2. The van der Waals surface area contributed by atoms with Crippen LogP contribution in [-0.4, -0.2) is 19.7 Å². The number of benzene rings is 1. The highest BCUT2D eigenvalue weighted by Gasteiger charge is 2.50. The SMILES string of the molecule is C[Si](C)(C)OC1(C(F)F)CCCc2c1[nH]c1cc(Cl)c(Cl)cc21. The second kappa shape index (κ2) is 5.72. The minimum absolute atomic E-state index is 0.316. The van der Waals surface area contributed by atoms with Crippen LogP contribution in [0.25, 0.3) is 10.9 Å². The zero-order valence-corrected chi connectivity index (χ0v) is 15.8. The lowest BCUT2D eigenvalue weighted by atomic mass is 9.83. The molecular weight excluding hydrogens is 359 g/mol. The number of rotatable bonds is 3. The second-order valence-corrected chi connectivity index (χ2v) is 12.3. The first-order valence-electron chi connectivity index (χ1n) is 7.62. The largest absolute Gasteiger partial charge is 0.402 e. The number of hydrogen-bond acceptors (Lipinski definition) is 1. The smallest absolute Gasteiger partial charge is 0.271 e. The Balaban J connectivity index is 2.25. The maximum Gasteiger partial charge on any atom is 0.271 e.